The van der Waals surface area contributed by atoms with Gasteiger partial charge in [-0.25, -0.2) is 0 Å². The molecule has 0 bridgehead atoms. The highest BCUT2D eigenvalue weighted by Crippen LogP contribution is 2.75. The van der Waals surface area contributed by atoms with Crippen LogP contribution in [-0.2, 0) is 0 Å². The SMILES string of the molecule is CCC(CC1C(C)CC1C)(C1CC1)C1(C)CC(C)C1C(C1CC1)C(C)C1(C)CC(C)C1. The highest BCUT2D eigenvalue weighted by atomic mass is 14.7. The molecule has 0 aliphatic heterocycles. The summed E-state index contributed by atoms with van der Waals surface area (Å²) in [6.45, 7) is 21.1. The maximum absolute atomic E-state index is 2.83. The topological polar surface area (TPSA) is 0 Å². The lowest BCUT2D eigenvalue weighted by atomic mass is 9.36. The summed E-state index contributed by atoms with van der Waals surface area (Å²) in [5.41, 5.74) is 1.87. The van der Waals surface area contributed by atoms with Crippen LogP contribution in [0, 0.1) is 75.4 Å². The van der Waals surface area contributed by atoms with Gasteiger partial charge in [0.15, 0.2) is 0 Å². The third-order valence-corrected chi connectivity index (χ3v) is 12.9. The molecule has 0 N–H and O–H groups in total. The molecule has 0 heterocycles. The minimum atomic E-state index is 0.602. The number of hydrogen-bond acceptors (Lipinski definition) is 0. The first-order valence-electron chi connectivity index (χ1n) is 14.6. The van der Waals surface area contributed by atoms with Crippen molar-refractivity contribution in [2.75, 3.05) is 0 Å². The standard InChI is InChI=1S/C31H54/c1-9-31(25-12-13-25,18-26-20(3)14-21(26)4)30(8)17-22(5)28(30)27(24-10-11-24)23(6)29(7)15-19(2)16-29/h19-28H,9-18H2,1-8H3. The van der Waals surface area contributed by atoms with E-state index in [1.54, 1.807) is 32.1 Å². The van der Waals surface area contributed by atoms with Crippen molar-refractivity contribution < 1.29 is 0 Å². The molecule has 0 heteroatoms. The molecule has 31 heavy (non-hydrogen) atoms. The first kappa shape index (κ1) is 22.8. The Morgan fingerprint density at radius 2 is 1.48 bits per heavy atom. The lowest BCUT2D eigenvalue weighted by molar-refractivity contribution is -0.202. The molecule has 0 amide bonds. The minimum absolute atomic E-state index is 0.602. The van der Waals surface area contributed by atoms with Gasteiger partial charge in [0.1, 0.15) is 0 Å². The fraction of sp³-hybridized carbons (Fsp3) is 1.00. The Labute approximate surface area is 195 Å². The molecular weight excluding hydrogens is 372 g/mol. The average Bonchev–Trinajstić information content (AvgIpc) is 3.58. The zero-order valence-electron chi connectivity index (χ0n) is 22.3. The van der Waals surface area contributed by atoms with Gasteiger partial charge in [0, 0.05) is 0 Å². The van der Waals surface area contributed by atoms with Crippen molar-refractivity contribution in [3.63, 3.8) is 0 Å². The second-order valence-electron chi connectivity index (χ2n) is 14.8. The summed E-state index contributed by atoms with van der Waals surface area (Å²) in [4.78, 5) is 0. The van der Waals surface area contributed by atoms with Crippen molar-refractivity contribution >= 4 is 0 Å². The Morgan fingerprint density at radius 3 is 1.90 bits per heavy atom. The van der Waals surface area contributed by atoms with Crippen LogP contribution in [0.1, 0.15) is 120 Å². The van der Waals surface area contributed by atoms with E-state index < -0.39 is 0 Å². The van der Waals surface area contributed by atoms with Crippen LogP contribution in [0.2, 0.25) is 0 Å². The van der Waals surface area contributed by atoms with E-state index in [0.717, 1.165) is 59.2 Å². The Bertz CT molecular complexity index is 656. The Kier molecular flexibility index (Phi) is 5.51. The van der Waals surface area contributed by atoms with Crippen molar-refractivity contribution in [3.05, 3.63) is 0 Å². The summed E-state index contributed by atoms with van der Waals surface area (Å²) in [6, 6.07) is 0. The molecule has 0 aromatic carbocycles. The highest BCUT2D eigenvalue weighted by molar-refractivity contribution is 5.16. The van der Waals surface area contributed by atoms with E-state index >= 15 is 0 Å². The van der Waals surface area contributed by atoms with Gasteiger partial charge in [-0.1, -0.05) is 55.4 Å². The van der Waals surface area contributed by atoms with Gasteiger partial charge in [0.2, 0.25) is 0 Å². The normalized spacial score (nSPS) is 51.1. The molecule has 5 aliphatic rings. The fourth-order valence-corrected chi connectivity index (χ4v) is 11.1. The van der Waals surface area contributed by atoms with E-state index in [-0.39, 0.29) is 0 Å². The first-order valence-corrected chi connectivity index (χ1v) is 14.6. The molecule has 8 unspecified atom stereocenters. The van der Waals surface area contributed by atoms with Crippen LogP contribution in [-0.4, -0.2) is 0 Å². The molecule has 5 aliphatic carbocycles. The number of rotatable bonds is 9. The maximum Gasteiger partial charge on any atom is -0.0212 e. The van der Waals surface area contributed by atoms with Crippen molar-refractivity contribution in [1.82, 2.24) is 0 Å². The lowest BCUT2D eigenvalue weighted by Gasteiger charge is -2.68. The summed E-state index contributed by atoms with van der Waals surface area (Å²) >= 11 is 0. The summed E-state index contributed by atoms with van der Waals surface area (Å²) < 4.78 is 0. The van der Waals surface area contributed by atoms with Crippen molar-refractivity contribution in [2.45, 2.75) is 120 Å². The van der Waals surface area contributed by atoms with Crippen molar-refractivity contribution in [2.24, 2.45) is 75.4 Å². The van der Waals surface area contributed by atoms with Crippen LogP contribution in [0.5, 0.6) is 0 Å². The predicted molar refractivity (Wildman–Crippen MR) is 134 cm³/mol. The molecule has 0 aromatic heterocycles. The van der Waals surface area contributed by atoms with Crippen LogP contribution >= 0.6 is 0 Å². The van der Waals surface area contributed by atoms with E-state index in [1.807, 2.05) is 0 Å². The molecule has 178 valence electrons. The molecule has 0 aromatic rings. The molecule has 0 spiro atoms. The lowest BCUT2D eigenvalue weighted by Crippen LogP contribution is -2.62. The third kappa shape index (κ3) is 3.33. The van der Waals surface area contributed by atoms with Gasteiger partial charge >= 0.3 is 0 Å². The third-order valence-electron chi connectivity index (χ3n) is 12.9. The summed E-state index contributed by atoms with van der Waals surface area (Å²) in [5, 5.41) is 0. The van der Waals surface area contributed by atoms with Gasteiger partial charge < -0.3 is 0 Å². The first-order chi connectivity index (χ1) is 14.6. The minimum Gasteiger partial charge on any atom is -0.0648 e. The predicted octanol–water partition coefficient (Wildman–Crippen LogP) is 9.24. The molecule has 5 fully saturated rings. The monoisotopic (exact) mass is 426 g/mol. The number of hydrogen-bond donors (Lipinski definition) is 0. The van der Waals surface area contributed by atoms with E-state index in [1.165, 1.54) is 32.1 Å². The van der Waals surface area contributed by atoms with Crippen molar-refractivity contribution in [3.8, 4) is 0 Å². The molecule has 0 radical (unpaired) electrons. The van der Waals surface area contributed by atoms with Gasteiger partial charge in [-0.3, -0.25) is 0 Å². The Hall–Kier alpha value is 0. The Morgan fingerprint density at radius 1 is 0.871 bits per heavy atom. The van der Waals surface area contributed by atoms with Gasteiger partial charge in [-0.2, -0.15) is 0 Å². The molecule has 5 saturated carbocycles. The zero-order valence-corrected chi connectivity index (χ0v) is 22.3. The summed E-state index contributed by atoms with van der Waals surface area (Å²) in [6.07, 6.45) is 15.2. The zero-order chi connectivity index (χ0) is 22.3. The van der Waals surface area contributed by atoms with E-state index in [9.17, 15) is 0 Å². The summed E-state index contributed by atoms with van der Waals surface area (Å²) in [5.74, 6) is 9.94. The molecule has 5 rings (SSSR count). The van der Waals surface area contributed by atoms with Gasteiger partial charge in [-0.15, -0.1) is 0 Å². The fourth-order valence-electron chi connectivity index (χ4n) is 11.1. The van der Waals surface area contributed by atoms with Crippen LogP contribution in [0.4, 0.5) is 0 Å². The largest absolute Gasteiger partial charge is 0.0648 e. The van der Waals surface area contributed by atoms with Crippen molar-refractivity contribution in [1.29, 1.82) is 0 Å². The van der Waals surface area contributed by atoms with Gasteiger partial charge in [-0.05, 0) is 140 Å². The van der Waals surface area contributed by atoms with Crippen LogP contribution in [0.25, 0.3) is 0 Å². The highest BCUT2D eigenvalue weighted by Gasteiger charge is 2.68. The second kappa shape index (κ2) is 7.50. The molecule has 0 nitrogen and oxygen atoms in total. The van der Waals surface area contributed by atoms with Gasteiger partial charge in [0.25, 0.3) is 0 Å². The van der Waals surface area contributed by atoms with E-state index in [4.69, 9.17) is 0 Å². The Balaban J connectivity index is 1.46. The molecule has 0 saturated heterocycles. The van der Waals surface area contributed by atoms with Crippen LogP contribution in [0.3, 0.4) is 0 Å². The maximum atomic E-state index is 2.83. The van der Waals surface area contributed by atoms with E-state index in [0.29, 0.717) is 16.2 Å². The average molecular weight is 427 g/mol. The molecular formula is C31H54. The van der Waals surface area contributed by atoms with Crippen LogP contribution in [0.15, 0.2) is 0 Å². The second-order valence-corrected chi connectivity index (χ2v) is 14.8. The summed E-state index contributed by atoms with van der Waals surface area (Å²) in [7, 11) is 0. The van der Waals surface area contributed by atoms with Gasteiger partial charge in [0.05, 0.1) is 0 Å². The van der Waals surface area contributed by atoms with E-state index in [2.05, 4.69) is 55.4 Å². The molecule has 8 atom stereocenters. The smallest absolute Gasteiger partial charge is 0.0212 e. The van der Waals surface area contributed by atoms with Crippen LogP contribution < -0.4 is 0 Å². The quantitative estimate of drug-likeness (QED) is 0.344.